The first-order valence-corrected chi connectivity index (χ1v) is 10.3. The molecule has 2 unspecified atom stereocenters. The van der Waals surface area contributed by atoms with Crippen molar-refractivity contribution >= 4 is 11.6 Å². The molecule has 1 saturated heterocycles. The average Bonchev–Trinajstić information content (AvgIpc) is 3.21. The van der Waals surface area contributed by atoms with Gasteiger partial charge in [-0.05, 0) is 50.3 Å². The van der Waals surface area contributed by atoms with Gasteiger partial charge in [-0.25, -0.2) is 4.39 Å². The predicted molar refractivity (Wildman–Crippen MR) is 121 cm³/mol. The molecular formula is C23H32FN5O. The molecule has 0 aliphatic carbocycles. The molecule has 2 atom stereocenters. The number of methoxy groups -OCH3 is 1. The Morgan fingerprint density at radius 3 is 2.77 bits per heavy atom. The number of halogens is 1. The first kappa shape index (κ1) is 21.9. The van der Waals surface area contributed by atoms with Gasteiger partial charge in [0.2, 0.25) is 0 Å². The van der Waals surface area contributed by atoms with Crippen molar-refractivity contribution < 1.29 is 9.13 Å². The van der Waals surface area contributed by atoms with Crippen LogP contribution in [-0.2, 0) is 0 Å². The maximum atomic E-state index is 13.7. The fourth-order valence-electron chi connectivity index (χ4n) is 3.88. The van der Waals surface area contributed by atoms with Crippen molar-refractivity contribution in [1.29, 1.82) is 0 Å². The summed E-state index contributed by atoms with van der Waals surface area (Å²) in [5, 5.41) is 6.93. The van der Waals surface area contributed by atoms with Crippen molar-refractivity contribution in [3.63, 3.8) is 0 Å². The van der Waals surface area contributed by atoms with Crippen LogP contribution in [0.1, 0.15) is 18.0 Å². The Labute approximate surface area is 178 Å². The lowest BCUT2D eigenvalue weighted by Gasteiger charge is -2.27. The van der Waals surface area contributed by atoms with Crippen LogP contribution in [0.2, 0.25) is 0 Å². The lowest BCUT2D eigenvalue weighted by atomic mass is 10.1. The van der Waals surface area contributed by atoms with Crippen LogP contribution in [0.25, 0.3) is 0 Å². The molecule has 2 N–H and O–H groups in total. The number of hydrogen-bond acceptors (Lipinski definition) is 4. The van der Waals surface area contributed by atoms with Gasteiger partial charge in [-0.1, -0.05) is 24.3 Å². The van der Waals surface area contributed by atoms with E-state index in [0.29, 0.717) is 6.54 Å². The Morgan fingerprint density at radius 2 is 2.07 bits per heavy atom. The van der Waals surface area contributed by atoms with Crippen molar-refractivity contribution in [2.24, 2.45) is 4.99 Å². The zero-order valence-corrected chi connectivity index (χ0v) is 18.2. The van der Waals surface area contributed by atoms with E-state index >= 15 is 0 Å². The van der Waals surface area contributed by atoms with Crippen LogP contribution in [0, 0.1) is 5.82 Å². The fraction of sp³-hybridized carbons (Fsp3) is 0.435. The quantitative estimate of drug-likeness (QED) is 0.540. The number of rotatable bonds is 7. The van der Waals surface area contributed by atoms with Crippen molar-refractivity contribution in [1.82, 2.24) is 15.5 Å². The van der Waals surface area contributed by atoms with Crippen molar-refractivity contribution in [2.45, 2.75) is 18.5 Å². The third-order valence-electron chi connectivity index (χ3n) is 5.50. The van der Waals surface area contributed by atoms with Crippen LogP contribution in [0.5, 0.6) is 5.75 Å². The molecule has 0 amide bonds. The molecule has 7 heteroatoms. The number of benzene rings is 2. The van der Waals surface area contributed by atoms with E-state index in [1.165, 1.54) is 6.07 Å². The van der Waals surface area contributed by atoms with Crippen LogP contribution in [0.15, 0.2) is 53.5 Å². The van der Waals surface area contributed by atoms with Crippen LogP contribution in [0.3, 0.4) is 0 Å². The Kier molecular flexibility index (Phi) is 7.52. The number of ether oxygens (including phenoxy) is 1. The van der Waals surface area contributed by atoms with Gasteiger partial charge in [0, 0.05) is 32.7 Å². The standard InChI is InChI=1S/C23H32FN5O/c1-25-23(26-15-21(28(2)3)17-8-7-9-18(24)14-17)27-19-12-13-29(16-19)20-10-5-6-11-22(20)30-4/h5-11,14,19,21H,12-13,15-16H2,1-4H3,(H2,25,26,27). The molecule has 1 fully saturated rings. The highest BCUT2D eigenvalue weighted by Gasteiger charge is 2.25. The number of likely N-dealkylation sites (N-methyl/N-ethyl adjacent to an activating group) is 1. The monoisotopic (exact) mass is 413 g/mol. The Balaban J connectivity index is 1.58. The van der Waals surface area contributed by atoms with Crippen LogP contribution in [0.4, 0.5) is 10.1 Å². The van der Waals surface area contributed by atoms with Gasteiger partial charge in [-0.2, -0.15) is 0 Å². The number of nitrogens with one attached hydrogen (secondary N) is 2. The number of guanidine groups is 1. The summed E-state index contributed by atoms with van der Waals surface area (Å²) in [7, 11) is 7.47. The molecule has 0 saturated carbocycles. The van der Waals surface area contributed by atoms with E-state index in [1.807, 2.05) is 38.4 Å². The molecule has 6 nitrogen and oxygen atoms in total. The van der Waals surface area contributed by atoms with E-state index < -0.39 is 0 Å². The van der Waals surface area contributed by atoms with E-state index in [1.54, 1.807) is 26.3 Å². The Hall–Kier alpha value is -2.80. The zero-order valence-electron chi connectivity index (χ0n) is 18.2. The molecule has 0 aromatic heterocycles. The van der Waals surface area contributed by atoms with Gasteiger partial charge in [0.15, 0.2) is 5.96 Å². The van der Waals surface area contributed by atoms with Gasteiger partial charge in [0.1, 0.15) is 11.6 Å². The van der Waals surface area contributed by atoms with Gasteiger partial charge < -0.3 is 25.2 Å². The molecule has 1 aliphatic rings. The van der Waals surface area contributed by atoms with Crippen LogP contribution < -0.4 is 20.3 Å². The summed E-state index contributed by atoms with van der Waals surface area (Å²) in [5.74, 6) is 1.43. The minimum absolute atomic E-state index is 0.0351. The third-order valence-corrected chi connectivity index (χ3v) is 5.50. The highest BCUT2D eigenvalue weighted by Crippen LogP contribution is 2.30. The molecule has 2 aromatic carbocycles. The maximum Gasteiger partial charge on any atom is 0.191 e. The van der Waals surface area contributed by atoms with E-state index in [0.717, 1.165) is 42.5 Å². The SMILES string of the molecule is CN=C(NCC(c1cccc(F)c1)N(C)C)NC1CCN(c2ccccc2OC)C1. The Bertz CT molecular complexity index is 857. The van der Waals surface area contributed by atoms with Gasteiger partial charge in [-0.15, -0.1) is 0 Å². The molecule has 162 valence electrons. The van der Waals surface area contributed by atoms with E-state index in [4.69, 9.17) is 4.74 Å². The topological polar surface area (TPSA) is 52.1 Å². The van der Waals surface area contributed by atoms with Crippen LogP contribution >= 0.6 is 0 Å². The zero-order chi connectivity index (χ0) is 21.5. The predicted octanol–water partition coefficient (Wildman–Crippen LogP) is 2.88. The first-order chi connectivity index (χ1) is 14.5. The van der Waals surface area contributed by atoms with Crippen molar-refractivity contribution in [2.75, 3.05) is 52.8 Å². The highest BCUT2D eigenvalue weighted by molar-refractivity contribution is 5.80. The smallest absolute Gasteiger partial charge is 0.191 e. The summed E-state index contributed by atoms with van der Waals surface area (Å²) in [6.45, 7) is 2.46. The number of hydrogen-bond donors (Lipinski definition) is 2. The van der Waals surface area contributed by atoms with Gasteiger partial charge in [-0.3, -0.25) is 4.99 Å². The molecule has 0 bridgehead atoms. The summed E-state index contributed by atoms with van der Waals surface area (Å²) in [6.07, 6.45) is 1.01. The van der Waals surface area contributed by atoms with Crippen molar-refractivity contribution in [3.05, 3.63) is 59.9 Å². The second kappa shape index (κ2) is 10.3. The molecule has 2 aromatic rings. The number of para-hydroxylation sites is 2. The summed E-state index contributed by atoms with van der Waals surface area (Å²) >= 11 is 0. The van der Waals surface area contributed by atoms with Gasteiger partial charge >= 0.3 is 0 Å². The van der Waals surface area contributed by atoms with Crippen LogP contribution in [-0.4, -0.2) is 64.8 Å². The minimum Gasteiger partial charge on any atom is -0.495 e. The van der Waals surface area contributed by atoms with E-state index in [2.05, 4.69) is 31.5 Å². The van der Waals surface area contributed by atoms with Gasteiger partial charge in [0.25, 0.3) is 0 Å². The molecule has 0 radical (unpaired) electrons. The molecule has 1 aliphatic heterocycles. The molecule has 30 heavy (non-hydrogen) atoms. The molecule has 0 spiro atoms. The van der Waals surface area contributed by atoms with E-state index in [-0.39, 0.29) is 17.9 Å². The highest BCUT2D eigenvalue weighted by atomic mass is 19.1. The fourth-order valence-corrected chi connectivity index (χ4v) is 3.88. The lowest BCUT2D eigenvalue weighted by Crippen LogP contribution is -2.46. The summed E-state index contributed by atoms with van der Waals surface area (Å²) < 4.78 is 19.2. The summed E-state index contributed by atoms with van der Waals surface area (Å²) in [5.41, 5.74) is 2.05. The maximum absolute atomic E-state index is 13.7. The largest absolute Gasteiger partial charge is 0.495 e. The van der Waals surface area contributed by atoms with E-state index in [9.17, 15) is 4.39 Å². The number of anilines is 1. The number of nitrogens with zero attached hydrogens (tertiary/aromatic N) is 3. The second-order valence-electron chi connectivity index (χ2n) is 7.74. The second-order valence-corrected chi connectivity index (χ2v) is 7.74. The third kappa shape index (κ3) is 5.42. The number of aliphatic imine (C=N–C) groups is 1. The normalized spacial score (nSPS) is 17.9. The van der Waals surface area contributed by atoms with Crippen molar-refractivity contribution in [3.8, 4) is 5.75 Å². The van der Waals surface area contributed by atoms with Gasteiger partial charge in [0.05, 0.1) is 18.8 Å². The molecular weight excluding hydrogens is 381 g/mol. The minimum atomic E-state index is -0.218. The average molecular weight is 414 g/mol. The first-order valence-electron chi connectivity index (χ1n) is 10.3. The molecule has 1 heterocycles. The summed E-state index contributed by atoms with van der Waals surface area (Å²) in [6, 6.07) is 15.2. The molecule has 3 rings (SSSR count). The summed E-state index contributed by atoms with van der Waals surface area (Å²) in [4.78, 5) is 8.79. The lowest BCUT2D eigenvalue weighted by molar-refractivity contribution is 0.297. The Morgan fingerprint density at radius 1 is 1.27 bits per heavy atom.